The van der Waals surface area contributed by atoms with Gasteiger partial charge in [0.2, 0.25) is 0 Å². The Labute approximate surface area is 152 Å². The number of hydrogen-bond acceptors (Lipinski definition) is 4. The Balaban J connectivity index is 1.78. The lowest BCUT2D eigenvalue weighted by Crippen LogP contribution is -2.11. The van der Waals surface area contributed by atoms with Gasteiger partial charge >= 0.3 is 0 Å². The molecule has 0 aliphatic heterocycles. The third-order valence-electron chi connectivity index (χ3n) is 3.50. The molecule has 0 saturated carbocycles. The van der Waals surface area contributed by atoms with Crippen LogP contribution in [0.2, 0.25) is 0 Å². The summed E-state index contributed by atoms with van der Waals surface area (Å²) in [5.74, 6) is 0.667. The number of aromatic nitrogens is 1. The molecule has 122 valence electrons. The second-order valence-corrected chi connectivity index (χ2v) is 6.96. The molecule has 4 nitrogen and oxygen atoms in total. The van der Waals surface area contributed by atoms with Gasteiger partial charge in [-0.2, -0.15) is 0 Å². The van der Waals surface area contributed by atoms with Crippen molar-refractivity contribution in [2.75, 3.05) is 12.4 Å². The van der Waals surface area contributed by atoms with Gasteiger partial charge in [0.15, 0.2) is 5.13 Å². The Morgan fingerprint density at radius 3 is 2.79 bits per heavy atom. The summed E-state index contributed by atoms with van der Waals surface area (Å²) in [5, 5.41) is 5.34. The van der Waals surface area contributed by atoms with Gasteiger partial charge in [0, 0.05) is 21.0 Å². The van der Waals surface area contributed by atoms with Gasteiger partial charge in [-0.1, -0.05) is 22.0 Å². The lowest BCUT2D eigenvalue weighted by molar-refractivity contribution is 0.102. The summed E-state index contributed by atoms with van der Waals surface area (Å²) >= 11 is 4.77. The lowest BCUT2D eigenvalue weighted by Gasteiger charge is -2.05. The number of anilines is 1. The molecule has 0 unspecified atom stereocenters. The molecule has 6 heteroatoms. The highest BCUT2D eigenvalue weighted by molar-refractivity contribution is 9.10. The van der Waals surface area contributed by atoms with Crippen molar-refractivity contribution in [2.24, 2.45) is 0 Å². The predicted molar refractivity (Wildman–Crippen MR) is 101 cm³/mol. The minimum absolute atomic E-state index is 0.178. The number of halogens is 1. The Kier molecular flexibility index (Phi) is 4.97. The van der Waals surface area contributed by atoms with E-state index in [1.807, 2.05) is 42.6 Å². The van der Waals surface area contributed by atoms with Gasteiger partial charge in [-0.05, 0) is 48.9 Å². The highest BCUT2D eigenvalue weighted by atomic mass is 79.9. The van der Waals surface area contributed by atoms with Gasteiger partial charge in [-0.15, -0.1) is 11.3 Å². The zero-order chi connectivity index (χ0) is 17.1. The molecule has 2 aromatic carbocycles. The Morgan fingerprint density at radius 2 is 2.08 bits per heavy atom. The number of nitrogens with zero attached hydrogens (tertiary/aromatic N) is 1. The summed E-state index contributed by atoms with van der Waals surface area (Å²) in [6, 6.07) is 13.1. The van der Waals surface area contributed by atoms with Gasteiger partial charge < -0.3 is 4.74 Å². The normalized spacial score (nSPS) is 10.5. The van der Waals surface area contributed by atoms with Crippen molar-refractivity contribution in [3.05, 3.63) is 63.4 Å². The topological polar surface area (TPSA) is 51.2 Å². The number of carbonyl (C=O) groups excluding carboxylic acids is 1. The third-order valence-corrected chi connectivity index (χ3v) is 4.75. The molecule has 1 aromatic heterocycles. The molecule has 1 amide bonds. The fraction of sp³-hybridized carbons (Fsp3) is 0.111. The number of nitrogens with one attached hydrogen (secondary N) is 1. The van der Waals surface area contributed by atoms with E-state index < -0.39 is 0 Å². The van der Waals surface area contributed by atoms with E-state index in [1.54, 1.807) is 19.2 Å². The van der Waals surface area contributed by atoms with Crippen LogP contribution in [0, 0.1) is 6.92 Å². The molecular weight excluding hydrogens is 388 g/mol. The number of methoxy groups -OCH3 is 1. The van der Waals surface area contributed by atoms with Gasteiger partial charge in [-0.25, -0.2) is 4.98 Å². The number of hydrogen-bond donors (Lipinski definition) is 1. The van der Waals surface area contributed by atoms with Gasteiger partial charge in [0.1, 0.15) is 5.75 Å². The van der Waals surface area contributed by atoms with Crippen molar-refractivity contribution in [1.82, 2.24) is 4.98 Å². The van der Waals surface area contributed by atoms with E-state index >= 15 is 0 Å². The Bertz CT molecular complexity index is 892. The summed E-state index contributed by atoms with van der Waals surface area (Å²) in [6.07, 6.45) is 0. The molecule has 0 atom stereocenters. The summed E-state index contributed by atoms with van der Waals surface area (Å²) < 4.78 is 6.14. The molecular formula is C18H15BrN2O2S. The number of amides is 1. The summed E-state index contributed by atoms with van der Waals surface area (Å²) in [4.78, 5) is 16.8. The number of thiazole rings is 1. The number of carbonyl (C=O) groups is 1. The molecule has 1 N–H and O–H groups in total. The van der Waals surface area contributed by atoms with E-state index in [9.17, 15) is 4.79 Å². The maximum Gasteiger partial charge on any atom is 0.257 e. The van der Waals surface area contributed by atoms with E-state index in [0.717, 1.165) is 27.0 Å². The van der Waals surface area contributed by atoms with E-state index in [4.69, 9.17) is 4.74 Å². The van der Waals surface area contributed by atoms with Crippen molar-refractivity contribution in [1.29, 1.82) is 0 Å². The predicted octanol–water partition coefficient (Wildman–Crippen LogP) is 5.14. The molecule has 0 aliphatic rings. The van der Waals surface area contributed by atoms with E-state index in [-0.39, 0.29) is 5.91 Å². The molecule has 3 aromatic rings. The maximum atomic E-state index is 12.3. The molecule has 0 radical (unpaired) electrons. The quantitative estimate of drug-likeness (QED) is 0.656. The second kappa shape index (κ2) is 7.15. The van der Waals surface area contributed by atoms with Crippen LogP contribution in [-0.4, -0.2) is 18.0 Å². The third kappa shape index (κ3) is 3.66. The average Bonchev–Trinajstić information content (AvgIpc) is 3.03. The molecule has 0 saturated heterocycles. The van der Waals surface area contributed by atoms with Crippen LogP contribution in [0.3, 0.4) is 0 Å². The fourth-order valence-corrected chi connectivity index (χ4v) is 3.41. The van der Waals surface area contributed by atoms with Crippen LogP contribution < -0.4 is 10.1 Å². The minimum Gasteiger partial charge on any atom is -0.496 e. The number of benzene rings is 2. The second-order valence-electron chi connectivity index (χ2n) is 5.19. The SMILES string of the molecule is COc1ccc(-c2csc(NC(=O)c3cccc(Br)c3)n2)cc1C. The molecule has 24 heavy (non-hydrogen) atoms. The first-order valence-corrected chi connectivity index (χ1v) is 8.91. The maximum absolute atomic E-state index is 12.3. The van der Waals surface area contributed by atoms with Crippen molar-refractivity contribution >= 4 is 38.3 Å². The van der Waals surface area contributed by atoms with Crippen molar-refractivity contribution in [2.45, 2.75) is 6.92 Å². The molecule has 0 spiro atoms. The van der Waals surface area contributed by atoms with Crippen LogP contribution in [0.5, 0.6) is 5.75 Å². The monoisotopic (exact) mass is 402 g/mol. The summed E-state index contributed by atoms with van der Waals surface area (Å²) in [6.45, 7) is 1.99. The van der Waals surface area contributed by atoms with E-state index in [2.05, 4.69) is 26.2 Å². The molecule has 1 heterocycles. The Morgan fingerprint density at radius 1 is 1.25 bits per heavy atom. The smallest absolute Gasteiger partial charge is 0.257 e. The van der Waals surface area contributed by atoms with Crippen molar-refractivity contribution < 1.29 is 9.53 Å². The lowest BCUT2D eigenvalue weighted by atomic mass is 10.1. The minimum atomic E-state index is -0.178. The zero-order valence-electron chi connectivity index (χ0n) is 13.2. The van der Waals surface area contributed by atoms with Gasteiger partial charge in [0.25, 0.3) is 5.91 Å². The standard InChI is InChI=1S/C18H15BrN2O2S/c1-11-8-12(6-7-16(11)23-2)15-10-24-18(20-15)21-17(22)13-4-3-5-14(19)9-13/h3-10H,1-2H3,(H,20,21,22). The van der Waals surface area contributed by atoms with Crippen molar-refractivity contribution in [3.8, 4) is 17.0 Å². The largest absolute Gasteiger partial charge is 0.496 e. The zero-order valence-corrected chi connectivity index (χ0v) is 15.6. The Hall–Kier alpha value is -2.18. The number of aryl methyl sites for hydroxylation is 1. The van der Waals surface area contributed by atoms with Crippen LogP contribution >= 0.6 is 27.3 Å². The summed E-state index contributed by atoms with van der Waals surface area (Å²) in [7, 11) is 1.65. The highest BCUT2D eigenvalue weighted by Crippen LogP contribution is 2.29. The van der Waals surface area contributed by atoms with Gasteiger partial charge in [-0.3, -0.25) is 10.1 Å². The first kappa shape index (κ1) is 16.7. The fourth-order valence-electron chi connectivity index (χ4n) is 2.30. The number of ether oxygens (including phenoxy) is 1. The van der Waals surface area contributed by atoms with Crippen LogP contribution in [0.15, 0.2) is 52.3 Å². The molecule has 0 aliphatic carbocycles. The van der Waals surface area contributed by atoms with Crippen LogP contribution in [0.4, 0.5) is 5.13 Å². The van der Waals surface area contributed by atoms with Crippen LogP contribution in [0.25, 0.3) is 11.3 Å². The van der Waals surface area contributed by atoms with Gasteiger partial charge in [0.05, 0.1) is 12.8 Å². The first-order chi connectivity index (χ1) is 11.6. The van der Waals surface area contributed by atoms with E-state index in [1.165, 1.54) is 11.3 Å². The van der Waals surface area contributed by atoms with Crippen LogP contribution in [0.1, 0.15) is 15.9 Å². The molecule has 0 fully saturated rings. The first-order valence-electron chi connectivity index (χ1n) is 7.24. The average molecular weight is 403 g/mol. The van der Waals surface area contributed by atoms with Crippen molar-refractivity contribution in [3.63, 3.8) is 0 Å². The highest BCUT2D eigenvalue weighted by Gasteiger charge is 2.11. The number of rotatable bonds is 4. The van der Waals surface area contributed by atoms with Crippen LogP contribution in [-0.2, 0) is 0 Å². The summed E-state index contributed by atoms with van der Waals surface area (Å²) in [5.41, 5.74) is 3.45. The molecule has 3 rings (SSSR count). The van der Waals surface area contributed by atoms with E-state index in [0.29, 0.717) is 10.7 Å². The molecule has 0 bridgehead atoms.